The molecule has 1 aliphatic rings. The summed E-state index contributed by atoms with van der Waals surface area (Å²) in [5, 5.41) is 4.99. The average molecular weight is 614 g/mol. The van der Waals surface area contributed by atoms with Gasteiger partial charge in [0.25, 0.3) is 0 Å². The predicted octanol–water partition coefficient (Wildman–Crippen LogP) is 6.36. The van der Waals surface area contributed by atoms with Crippen molar-refractivity contribution in [3.63, 3.8) is 0 Å². The van der Waals surface area contributed by atoms with Crippen LogP contribution in [0.15, 0.2) is 79.1 Å². The number of aryl methyl sites for hydroxylation is 1. The average Bonchev–Trinajstić information content (AvgIpc) is 3.73. The number of hydrogen-bond acceptors (Lipinski definition) is 8. The van der Waals surface area contributed by atoms with Crippen molar-refractivity contribution in [3.8, 4) is 50.8 Å². The molecule has 1 aliphatic heterocycles. The van der Waals surface area contributed by atoms with E-state index in [0.29, 0.717) is 18.3 Å². The molecule has 10 nitrogen and oxygen atoms in total. The Kier molecular flexibility index (Phi) is 7.88. The lowest BCUT2D eigenvalue weighted by Crippen LogP contribution is -2.41. The highest BCUT2D eigenvalue weighted by Gasteiger charge is 2.24. The number of ether oxygens (including phenoxy) is 1. The summed E-state index contributed by atoms with van der Waals surface area (Å²) in [4.78, 5) is 22.3. The highest BCUT2D eigenvalue weighted by Crippen LogP contribution is 2.41. The molecule has 0 radical (unpaired) electrons. The number of nitrogens with two attached hydrogens (primary N) is 1. The number of anilines is 2. The molecule has 3 aromatic carbocycles. The molecule has 0 amide bonds. The maximum atomic E-state index is 6.22. The van der Waals surface area contributed by atoms with Crippen LogP contribution in [0.5, 0.6) is 5.75 Å². The molecule has 7 rings (SSSR count). The third kappa shape index (κ3) is 5.56. The Bertz CT molecular complexity index is 1990. The van der Waals surface area contributed by atoms with Gasteiger partial charge in [-0.3, -0.25) is 4.68 Å². The number of H-pyrrole nitrogens is 1. The molecular formula is C36H39N9O. The molecule has 0 aliphatic carbocycles. The third-order valence-corrected chi connectivity index (χ3v) is 8.99. The minimum atomic E-state index is 0.199. The summed E-state index contributed by atoms with van der Waals surface area (Å²) >= 11 is 0. The molecular weight excluding hydrogens is 574 g/mol. The Hall–Kier alpha value is -5.22. The fourth-order valence-corrected chi connectivity index (χ4v) is 6.40. The van der Waals surface area contributed by atoms with Crippen LogP contribution in [0.3, 0.4) is 0 Å². The molecule has 0 atom stereocenters. The van der Waals surface area contributed by atoms with Gasteiger partial charge in [0, 0.05) is 77.6 Å². The van der Waals surface area contributed by atoms with Crippen LogP contribution in [0.25, 0.3) is 56.1 Å². The highest BCUT2D eigenvalue weighted by molar-refractivity contribution is 5.92. The number of benzene rings is 3. The minimum Gasteiger partial charge on any atom is -0.496 e. The lowest BCUT2D eigenvalue weighted by Gasteiger charge is -2.36. The maximum absolute atomic E-state index is 6.22. The van der Waals surface area contributed by atoms with Crippen LogP contribution in [0.2, 0.25) is 0 Å². The molecule has 0 saturated carbocycles. The fourth-order valence-electron chi connectivity index (χ4n) is 6.40. The number of nitrogen functional groups attached to an aromatic ring is 1. The van der Waals surface area contributed by atoms with Gasteiger partial charge in [0.05, 0.1) is 23.8 Å². The second-order valence-electron chi connectivity index (χ2n) is 12.0. The van der Waals surface area contributed by atoms with Crippen LogP contribution in [-0.4, -0.2) is 75.0 Å². The second kappa shape index (κ2) is 12.3. The SMILES string of the molecule is CCn1cc(-c2nc(N)ncc2-c2ccc(N3CCC(N(C)C)CC3)cc2OC)c(-c2ccc3nc(-c4ccccc4)[nH]c3c2)n1. The van der Waals surface area contributed by atoms with Crippen molar-refractivity contribution in [2.75, 3.05) is 44.9 Å². The van der Waals surface area contributed by atoms with E-state index in [1.807, 2.05) is 35.1 Å². The van der Waals surface area contributed by atoms with E-state index >= 15 is 0 Å². The van der Waals surface area contributed by atoms with Crippen molar-refractivity contribution in [1.29, 1.82) is 0 Å². The Morgan fingerprint density at radius 2 is 1.72 bits per heavy atom. The number of nitrogens with zero attached hydrogens (tertiary/aromatic N) is 7. The Morgan fingerprint density at radius 3 is 2.46 bits per heavy atom. The first kappa shape index (κ1) is 29.5. The first-order valence-corrected chi connectivity index (χ1v) is 15.8. The maximum Gasteiger partial charge on any atom is 0.220 e. The smallest absolute Gasteiger partial charge is 0.220 e. The van der Waals surface area contributed by atoms with Crippen LogP contribution in [0, 0.1) is 0 Å². The lowest BCUT2D eigenvalue weighted by molar-refractivity contribution is 0.249. The number of imidazole rings is 1. The summed E-state index contributed by atoms with van der Waals surface area (Å²) in [6.07, 6.45) is 6.09. The van der Waals surface area contributed by atoms with Crippen molar-refractivity contribution in [3.05, 3.63) is 79.1 Å². The van der Waals surface area contributed by atoms with E-state index in [1.54, 1.807) is 13.3 Å². The van der Waals surface area contributed by atoms with Gasteiger partial charge in [0.1, 0.15) is 17.3 Å². The summed E-state index contributed by atoms with van der Waals surface area (Å²) in [5.74, 6) is 1.79. The molecule has 234 valence electrons. The molecule has 6 aromatic rings. The van der Waals surface area contributed by atoms with E-state index in [1.165, 1.54) is 0 Å². The van der Waals surface area contributed by atoms with Gasteiger partial charge < -0.3 is 25.3 Å². The number of fused-ring (bicyclic) bond motifs is 1. The Labute approximate surface area is 268 Å². The van der Waals surface area contributed by atoms with E-state index in [9.17, 15) is 0 Å². The fraction of sp³-hybridized carbons (Fsp3) is 0.278. The normalized spacial score (nSPS) is 14.0. The first-order valence-electron chi connectivity index (χ1n) is 15.8. The summed E-state index contributed by atoms with van der Waals surface area (Å²) in [6.45, 7) is 4.79. The zero-order valence-corrected chi connectivity index (χ0v) is 26.7. The molecule has 1 saturated heterocycles. The molecule has 1 fully saturated rings. The van der Waals surface area contributed by atoms with Gasteiger partial charge in [-0.1, -0.05) is 36.4 Å². The summed E-state index contributed by atoms with van der Waals surface area (Å²) in [5.41, 5.74) is 15.3. The van der Waals surface area contributed by atoms with Gasteiger partial charge in [-0.15, -0.1) is 0 Å². The van der Waals surface area contributed by atoms with Crippen molar-refractivity contribution >= 4 is 22.7 Å². The van der Waals surface area contributed by atoms with Gasteiger partial charge in [-0.2, -0.15) is 5.10 Å². The van der Waals surface area contributed by atoms with E-state index in [4.69, 9.17) is 25.5 Å². The van der Waals surface area contributed by atoms with Crippen molar-refractivity contribution in [1.82, 2.24) is 34.6 Å². The van der Waals surface area contributed by atoms with Crippen molar-refractivity contribution in [2.45, 2.75) is 32.4 Å². The topological polar surface area (TPSA) is 114 Å². The van der Waals surface area contributed by atoms with Crippen LogP contribution in [-0.2, 0) is 6.54 Å². The highest BCUT2D eigenvalue weighted by atomic mass is 16.5. The number of piperidine rings is 1. The van der Waals surface area contributed by atoms with Crippen molar-refractivity contribution in [2.24, 2.45) is 0 Å². The summed E-state index contributed by atoms with van der Waals surface area (Å²) < 4.78 is 7.91. The molecule has 3 aromatic heterocycles. The van der Waals surface area contributed by atoms with Gasteiger partial charge in [0.15, 0.2) is 0 Å². The Morgan fingerprint density at radius 1 is 0.913 bits per heavy atom. The number of methoxy groups -OCH3 is 1. The van der Waals surface area contributed by atoms with E-state index in [2.05, 4.69) is 83.3 Å². The zero-order chi connectivity index (χ0) is 31.8. The van der Waals surface area contributed by atoms with Crippen LogP contribution in [0.1, 0.15) is 19.8 Å². The molecule has 0 unspecified atom stereocenters. The largest absolute Gasteiger partial charge is 0.496 e. The van der Waals surface area contributed by atoms with Crippen LogP contribution < -0.4 is 15.4 Å². The van der Waals surface area contributed by atoms with E-state index < -0.39 is 0 Å². The van der Waals surface area contributed by atoms with E-state index in [-0.39, 0.29) is 5.95 Å². The van der Waals surface area contributed by atoms with Crippen LogP contribution in [0.4, 0.5) is 11.6 Å². The monoisotopic (exact) mass is 613 g/mol. The number of aromatic nitrogens is 6. The minimum absolute atomic E-state index is 0.199. The predicted molar refractivity (Wildman–Crippen MR) is 185 cm³/mol. The van der Waals surface area contributed by atoms with Gasteiger partial charge in [-0.05, 0) is 58.1 Å². The molecule has 46 heavy (non-hydrogen) atoms. The number of nitrogens with one attached hydrogen (secondary N) is 1. The van der Waals surface area contributed by atoms with Crippen LogP contribution >= 0.6 is 0 Å². The third-order valence-electron chi connectivity index (χ3n) is 8.99. The van der Waals surface area contributed by atoms with Gasteiger partial charge >= 0.3 is 0 Å². The molecule has 4 heterocycles. The van der Waals surface area contributed by atoms with Gasteiger partial charge in [-0.25, -0.2) is 15.0 Å². The van der Waals surface area contributed by atoms with Gasteiger partial charge in [0.2, 0.25) is 5.95 Å². The summed E-state index contributed by atoms with van der Waals surface area (Å²) in [7, 11) is 6.04. The molecule has 3 N–H and O–H groups in total. The quantitative estimate of drug-likeness (QED) is 0.204. The number of rotatable bonds is 8. The lowest BCUT2D eigenvalue weighted by atomic mass is 9.97. The summed E-state index contributed by atoms with van der Waals surface area (Å²) in [6, 6.07) is 23.3. The zero-order valence-electron chi connectivity index (χ0n) is 26.7. The Balaban J connectivity index is 1.29. The number of hydrogen-bond donors (Lipinski definition) is 2. The first-order chi connectivity index (χ1) is 22.4. The molecule has 0 bridgehead atoms. The second-order valence-corrected chi connectivity index (χ2v) is 12.0. The van der Waals surface area contributed by atoms with Crippen molar-refractivity contribution < 1.29 is 4.74 Å². The number of aromatic amines is 1. The molecule has 10 heteroatoms. The molecule has 0 spiro atoms. The standard InChI is InChI=1S/C36H39N9O/c1-5-45-22-29(33(42-45)24-11-14-30-31(19-24)40-35(39-30)23-9-7-6-8-10-23)34-28(21-38-36(37)41-34)27-13-12-26(20-32(27)46-4)44-17-15-25(16-18-44)43(2)3/h6-14,19-22,25H,5,15-18H2,1-4H3,(H,39,40)(H2,37,38,41). The van der Waals surface area contributed by atoms with E-state index in [0.717, 1.165) is 87.7 Å².